The van der Waals surface area contributed by atoms with E-state index in [1.807, 2.05) is 19.9 Å². The Balaban J connectivity index is 2.50. The molecule has 0 atom stereocenters. The Morgan fingerprint density at radius 2 is 2.14 bits per heavy atom. The molecule has 1 aliphatic rings. The van der Waals surface area contributed by atoms with E-state index in [4.69, 9.17) is 16.3 Å². The van der Waals surface area contributed by atoms with Crippen molar-refractivity contribution in [1.82, 2.24) is 0 Å². The molecule has 1 aromatic carbocycles. The zero-order valence-electron chi connectivity index (χ0n) is 8.13. The number of benzene rings is 1. The van der Waals surface area contributed by atoms with Gasteiger partial charge in [-0.2, -0.15) is 0 Å². The predicted octanol–water partition coefficient (Wildman–Crippen LogP) is 2.83. The molecule has 0 N–H and O–H groups in total. The molecule has 0 saturated carbocycles. The molecular weight excluding hydrogens is 200 g/mol. The van der Waals surface area contributed by atoms with Crippen molar-refractivity contribution < 1.29 is 9.53 Å². The Bertz CT molecular complexity index is 396. The van der Waals surface area contributed by atoms with Crippen LogP contribution in [-0.2, 0) is 11.2 Å². The van der Waals surface area contributed by atoms with Gasteiger partial charge in [0.25, 0.3) is 0 Å². The zero-order valence-corrected chi connectivity index (χ0v) is 8.89. The van der Waals surface area contributed by atoms with Gasteiger partial charge in [0.2, 0.25) is 0 Å². The van der Waals surface area contributed by atoms with Crippen molar-refractivity contribution in [3.8, 4) is 0 Å². The summed E-state index contributed by atoms with van der Waals surface area (Å²) in [5, 5.41) is 0.570. The monoisotopic (exact) mass is 210 g/mol. The van der Waals surface area contributed by atoms with Crippen LogP contribution >= 0.6 is 11.6 Å². The topological polar surface area (TPSA) is 26.3 Å². The second-order valence-electron chi connectivity index (χ2n) is 4.13. The van der Waals surface area contributed by atoms with Crippen molar-refractivity contribution in [2.45, 2.75) is 25.9 Å². The van der Waals surface area contributed by atoms with Crippen LogP contribution in [0.15, 0.2) is 18.2 Å². The van der Waals surface area contributed by atoms with Crippen LogP contribution in [0.25, 0.3) is 0 Å². The van der Waals surface area contributed by atoms with Gasteiger partial charge in [0.05, 0.1) is 5.56 Å². The summed E-state index contributed by atoms with van der Waals surface area (Å²) in [4.78, 5) is 11.6. The van der Waals surface area contributed by atoms with Gasteiger partial charge >= 0.3 is 5.97 Å². The fourth-order valence-corrected chi connectivity index (χ4v) is 1.87. The molecule has 14 heavy (non-hydrogen) atoms. The Morgan fingerprint density at radius 1 is 1.43 bits per heavy atom. The van der Waals surface area contributed by atoms with Crippen molar-refractivity contribution in [3.05, 3.63) is 34.3 Å². The second kappa shape index (κ2) is 2.99. The molecule has 0 aromatic heterocycles. The van der Waals surface area contributed by atoms with Crippen LogP contribution in [-0.4, -0.2) is 11.6 Å². The quantitative estimate of drug-likeness (QED) is 0.616. The third kappa shape index (κ3) is 1.62. The largest absolute Gasteiger partial charge is 0.456 e. The van der Waals surface area contributed by atoms with E-state index in [0.29, 0.717) is 10.6 Å². The third-order valence-electron chi connectivity index (χ3n) is 2.28. The van der Waals surface area contributed by atoms with Crippen LogP contribution in [0.3, 0.4) is 0 Å². The highest BCUT2D eigenvalue weighted by atomic mass is 35.5. The van der Waals surface area contributed by atoms with Crippen molar-refractivity contribution in [2.24, 2.45) is 0 Å². The number of cyclic esters (lactones) is 1. The Morgan fingerprint density at radius 3 is 2.86 bits per heavy atom. The molecule has 0 fully saturated rings. The summed E-state index contributed by atoms with van der Waals surface area (Å²) >= 11 is 5.81. The molecule has 0 amide bonds. The number of carbonyl (C=O) groups excluding carboxylic acids is 1. The highest BCUT2D eigenvalue weighted by molar-refractivity contribution is 6.31. The van der Waals surface area contributed by atoms with Gasteiger partial charge in [-0.05, 0) is 31.5 Å². The standard InChI is InChI=1S/C11H11ClO2/c1-11(2)6-7-3-4-8(12)5-9(7)10(13)14-11/h3-5H,6H2,1-2H3. The predicted molar refractivity (Wildman–Crippen MR) is 54.7 cm³/mol. The van der Waals surface area contributed by atoms with E-state index in [2.05, 4.69) is 0 Å². The van der Waals surface area contributed by atoms with Crippen LogP contribution < -0.4 is 0 Å². The average molecular weight is 211 g/mol. The van der Waals surface area contributed by atoms with Crippen LogP contribution in [0.4, 0.5) is 0 Å². The molecule has 2 nitrogen and oxygen atoms in total. The summed E-state index contributed by atoms with van der Waals surface area (Å²) in [6.45, 7) is 3.81. The van der Waals surface area contributed by atoms with E-state index in [0.717, 1.165) is 12.0 Å². The summed E-state index contributed by atoms with van der Waals surface area (Å²) < 4.78 is 5.26. The number of ether oxygens (including phenoxy) is 1. The summed E-state index contributed by atoms with van der Waals surface area (Å²) in [7, 11) is 0. The van der Waals surface area contributed by atoms with Gasteiger partial charge in [-0.1, -0.05) is 17.7 Å². The molecule has 2 rings (SSSR count). The number of rotatable bonds is 0. The number of hydrogen-bond donors (Lipinski definition) is 0. The van der Waals surface area contributed by atoms with Crippen LogP contribution in [0.2, 0.25) is 5.02 Å². The normalized spacial score (nSPS) is 18.6. The van der Waals surface area contributed by atoms with Gasteiger partial charge in [-0.25, -0.2) is 4.79 Å². The average Bonchev–Trinajstić information content (AvgIpc) is 2.05. The van der Waals surface area contributed by atoms with Crippen LogP contribution in [0, 0.1) is 0 Å². The molecule has 0 saturated heterocycles. The van der Waals surface area contributed by atoms with Crippen molar-refractivity contribution >= 4 is 17.6 Å². The summed E-state index contributed by atoms with van der Waals surface area (Å²) in [5.41, 5.74) is 1.20. The first-order chi connectivity index (χ1) is 6.48. The number of carbonyl (C=O) groups is 1. The minimum Gasteiger partial charge on any atom is -0.456 e. The highest BCUT2D eigenvalue weighted by Gasteiger charge is 2.31. The molecule has 0 radical (unpaired) electrons. The maximum Gasteiger partial charge on any atom is 0.339 e. The molecular formula is C11H11ClO2. The first-order valence-electron chi connectivity index (χ1n) is 4.50. The van der Waals surface area contributed by atoms with Gasteiger partial charge in [0.15, 0.2) is 0 Å². The third-order valence-corrected chi connectivity index (χ3v) is 2.51. The minimum absolute atomic E-state index is 0.279. The number of fused-ring (bicyclic) bond motifs is 1. The molecule has 0 spiro atoms. The molecule has 0 aliphatic carbocycles. The molecule has 74 valence electrons. The smallest absolute Gasteiger partial charge is 0.339 e. The van der Waals surface area contributed by atoms with E-state index in [1.165, 1.54) is 0 Å². The molecule has 0 unspecified atom stereocenters. The molecule has 1 heterocycles. The second-order valence-corrected chi connectivity index (χ2v) is 4.56. The lowest BCUT2D eigenvalue weighted by molar-refractivity contribution is -0.00647. The molecule has 0 bridgehead atoms. The zero-order chi connectivity index (χ0) is 10.3. The van der Waals surface area contributed by atoms with Crippen LogP contribution in [0.1, 0.15) is 29.8 Å². The summed E-state index contributed by atoms with van der Waals surface area (Å²) in [6, 6.07) is 5.35. The minimum atomic E-state index is -0.405. The molecule has 3 heteroatoms. The maximum absolute atomic E-state index is 11.6. The Hall–Kier alpha value is -1.02. The van der Waals surface area contributed by atoms with Crippen molar-refractivity contribution in [1.29, 1.82) is 0 Å². The number of halogens is 1. The van der Waals surface area contributed by atoms with E-state index < -0.39 is 5.60 Å². The van der Waals surface area contributed by atoms with Crippen LogP contribution in [0.5, 0.6) is 0 Å². The highest BCUT2D eigenvalue weighted by Crippen LogP contribution is 2.29. The fraction of sp³-hybridized carbons (Fsp3) is 0.364. The van der Waals surface area contributed by atoms with E-state index in [1.54, 1.807) is 12.1 Å². The van der Waals surface area contributed by atoms with Crippen molar-refractivity contribution in [3.63, 3.8) is 0 Å². The van der Waals surface area contributed by atoms with Crippen molar-refractivity contribution in [2.75, 3.05) is 0 Å². The summed E-state index contributed by atoms with van der Waals surface area (Å²) in [6.07, 6.45) is 0.741. The lowest BCUT2D eigenvalue weighted by Gasteiger charge is -2.30. The first kappa shape index (κ1) is 9.53. The van der Waals surface area contributed by atoms with E-state index in [-0.39, 0.29) is 5.97 Å². The van der Waals surface area contributed by atoms with E-state index in [9.17, 15) is 4.79 Å². The fourth-order valence-electron chi connectivity index (χ4n) is 1.69. The lowest BCUT2D eigenvalue weighted by atomic mass is 9.92. The van der Waals surface area contributed by atoms with Gasteiger partial charge in [-0.15, -0.1) is 0 Å². The number of hydrogen-bond acceptors (Lipinski definition) is 2. The summed E-state index contributed by atoms with van der Waals surface area (Å²) in [5.74, 6) is -0.279. The van der Waals surface area contributed by atoms with Gasteiger partial charge in [0, 0.05) is 11.4 Å². The van der Waals surface area contributed by atoms with Gasteiger partial charge < -0.3 is 4.74 Å². The SMILES string of the molecule is CC1(C)Cc2ccc(Cl)cc2C(=O)O1. The lowest BCUT2D eigenvalue weighted by Crippen LogP contribution is -2.35. The number of esters is 1. The van der Waals surface area contributed by atoms with Gasteiger partial charge in [-0.3, -0.25) is 0 Å². The Kier molecular flexibility index (Phi) is 2.04. The molecule has 1 aliphatic heterocycles. The molecule has 1 aromatic rings. The Labute approximate surface area is 87.8 Å². The maximum atomic E-state index is 11.6. The van der Waals surface area contributed by atoms with Gasteiger partial charge in [0.1, 0.15) is 5.60 Å². The van der Waals surface area contributed by atoms with E-state index >= 15 is 0 Å². The first-order valence-corrected chi connectivity index (χ1v) is 4.87.